The highest BCUT2D eigenvalue weighted by molar-refractivity contribution is 7.88. The Hall–Kier alpha value is -5.35. The van der Waals surface area contributed by atoms with Crippen molar-refractivity contribution >= 4 is 39.3 Å². The summed E-state index contributed by atoms with van der Waals surface area (Å²) in [6.07, 6.45) is -0.612. The molecule has 15 nitrogen and oxygen atoms in total. The molecule has 8 N–H and O–H groups in total. The number of aliphatic carboxylic acids is 1. The number of amides is 2. The second-order valence-electron chi connectivity index (χ2n) is 10.4. The quantitative estimate of drug-likeness (QED) is 0.0479. The molecule has 3 aromatic rings. The lowest BCUT2D eigenvalue weighted by Crippen LogP contribution is -2.54. The predicted molar refractivity (Wildman–Crippen MR) is 167 cm³/mol. The van der Waals surface area contributed by atoms with Gasteiger partial charge in [-0.2, -0.15) is 0 Å². The summed E-state index contributed by atoms with van der Waals surface area (Å²) >= 11 is 0. The topological polar surface area (TPSA) is 255 Å². The van der Waals surface area contributed by atoms with Gasteiger partial charge in [0.05, 0.1) is 10.7 Å². The monoisotopic (exact) mass is 654 g/mol. The van der Waals surface area contributed by atoms with Gasteiger partial charge in [0.15, 0.2) is 0 Å². The number of non-ortho nitro benzene ring substituents is 1. The number of benzene rings is 3. The SMILES string of the molecule is N=C(N)c1ccc(CNC(=O)[C@H](CCC(=O)O)NC(=O)[C@@H](CCc2ccc(O)cc2)NS(=O)(=O)Cc2ccc([N+](=O)[O-])cc2)cc1. The number of carbonyl (C=O) groups is 3. The number of aromatic hydroxyl groups is 1. The van der Waals surface area contributed by atoms with E-state index in [4.69, 9.17) is 11.1 Å². The molecule has 0 aromatic heterocycles. The first-order valence-corrected chi connectivity index (χ1v) is 15.6. The van der Waals surface area contributed by atoms with Crippen molar-refractivity contribution in [3.63, 3.8) is 0 Å². The molecule has 0 radical (unpaired) electrons. The van der Waals surface area contributed by atoms with Crippen molar-refractivity contribution in [2.45, 2.75) is 50.1 Å². The Morgan fingerprint density at radius 3 is 2.02 bits per heavy atom. The van der Waals surface area contributed by atoms with Gasteiger partial charge in [-0.15, -0.1) is 0 Å². The molecule has 0 aliphatic heterocycles. The molecule has 0 bridgehead atoms. The van der Waals surface area contributed by atoms with Crippen molar-refractivity contribution in [2.75, 3.05) is 0 Å². The predicted octanol–water partition coefficient (Wildman–Crippen LogP) is 1.67. The van der Waals surface area contributed by atoms with Crippen LogP contribution in [0.1, 0.15) is 41.5 Å². The van der Waals surface area contributed by atoms with E-state index < -0.39 is 57.0 Å². The first-order valence-electron chi connectivity index (χ1n) is 14.0. The lowest BCUT2D eigenvalue weighted by atomic mass is 10.0. The van der Waals surface area contributed by atoms with E-state index in [1.54, 1.807) is 36.4 Å². The van der Waals surface area contributed by atoms with Crippen LogP contribution in [0.5, 0.6) is 5.75 Å². The van der Waals surface area contributed by atoms with Gasteiger partial charge in [-0.25, -0.2) is 13.1 Å². The molecule has 0 unspecified atom stereocenters. The van der Waals surface area contributed by atoms with Crippen LogP contribution in [-0.4, -0.2) is 59.3 Å². The van der Waals surface area contributed by atoms with Crippen molar-refractivity contribution in [1.29, 1.82) is 5.41 Å². The Balaban J connectivity index is 1.77. The highest BCUT2D eigenvalue weighted by atomic mass is 32.2. The van der Waals surface area contributed by atoms with Crippen LogP contribution in [0.4, 0.5) is 5.69 Å². The number of hydrogen-bond donors (Lipinski definition) is 7. The van der Waals surface area contributed by atoms with Gasteiger partial charge in [0.1, 0.15) is 23.7 Å². The Kier molecular flexibility index (Phi) is 12.3. The summed E-state index contributed by atoms with van der Waals surface area (Å²) in [6, 6.07) is 14.7. The van der Waals surface area contributed by atoms with Gasteiger partial charge in [0, 0.05) is 30.7 Å². The number of nitrogens with two attached hydrogens (primary N) is 1. The zero-order valence-electron chi connectivity index (χ0n) is 24.5. The fraction of sp³-hybridized carbons (Fsp3) is 0.267. The zero-order chi connectivity index (χ0) is 33.9. The van der Waals surface area contributed by atoms with Crippen LogP contribution in [0.15, 0.2) is 72.8 Å². The maximum atomic E-state index is 13.5. The van der Waals surface area contributed by atoms with E-state index in [1.165, 1.54) is 24.3 Å². The average molecular weight is 655 g/mol. The number of nitrogens with zero attached hydrogens (tertiary/aromatic N) is 1. The summed E-state index contributed by atoms with van der Waals surface area (Å²) in [6.45, 7) is 0.0165. The molecule has 46 heavy (non-hydrogen) atoms. The number of amidine groups is 1. The normalized spacial score (nSPS) is 12.4. The molecule has 0 heterocycles. The number of phenols is 1. The van der Waals surface area contributed by atoms with Gasteiger partial charge in [-0.1, -0.05) is 48.5 Å². The summed E-state index contributed by atoms with van der Waals surface area (Å²) in [5, 5.41) is 42.3. The Morgan fingerprint density at radius 1 is 0.870 bits per heavy atom. The molecule has 2 atom stereocenters. The molecule has 0 saturated heterocycles. The lowest BCUT2D eigenvalue weighted by Gasteiger charge is -2.23. The highest BCUT2D eigenvalue weighted by Crippen LogP contribution is 2.16. The molecular formula is C30H34N6O9S. The van der Waals surface area contributed by atoms with Crippen LogP contribution in [0, 0.1) is 15.5 Å². The van der Waals surface area contributed by atoms with E-state index >= 15 is 0 Å². The molecule has 0 fully saturated rings. The van der Waals surface area contributed by atoms with Gasteiger partial charge in [-0.3, -0.25) is 29.9 Å². The number of phenolic OH excluding ortho intramolecular Hbond substituents is 1. The summed E-state index contributed by atoms with van der Waals surface area (Å²) in [7, 11) is -4.20. The lowest BCUT2D eigenvalue weighted by molar-refractivity contribution is -0.384. The minimum Gasteiger partial charge on any atom is -0.508 e. The standard InChI is InChI=1S/C30H34N6O9S/c31-28(32)22-8-1-20(2-9-22)17-33-29(40)25(15-16-27(38)39)34-30(41)26(14-7-19-5-12-24(37)13-6-19)35-46(44,45)18-21-3-10-23(11-4-21)36(42)43/h1-6,8-13,25-26,35,37H,7,14-18H2,(H3,31,32)(H,33,40)(H,34,41)(H,38,39)/t25-,26+/m0/s1. The fourth-order valence-corrected chi connectivity index (χ4v) is 5.71. The van der Waals surface area contributed by atoms with Crippen molar-refractivity contribution in [1.82, 2.24) is 15.4 Å². The first-order chi connectivity index (χ1) is 21.7. The summed E-state index contributed by atoms with van der Waals surface area (Å²) in [5.41, 5.74) is 7.27. The number of nitrogen functional groups attached to an aromatic ring is 1. The van der Waals surface area contributed by atoms with Crippen molar-refractivity contribution in [3.8, 4) is 5.75 Å². The van der Waals surface area contributed by atoms with Crippen molar-refractivity contribution in [3.05, 3.63) is 105 Å². The van der Waals surface area contributed by atoms with E-state index in [0.717, 1.165) is 12.1 Å². The number of aryl methyl sites for hydroxylation is 1. The number of nitrogens with one attached hydrogen (secondary N) is 4. The molecule has 0 aliphatic carbocycles. The third-order valence-corrected chi connectivity index (χ3v) is 8.17. The van der Waals surface area contributed by atoms with Gasteiger partial charge in [0.25, 0.3) is 5.69 Å². The van der Waals surface area contributed by atoms with Crippen molar-refractivity contribution < 1.29 is 37.9 Å². The molecule has 3 aromatic carbocycles. The van der Waals surface area contributed by atoms with E-state index in [0.29, 0.717) is 16.7 Å². The minimum atomic E-state index is -4.20. The van der Waals surface area contributed by atoms with Crippen LogP contribution in [0.3, 0.4) is 0 Å². The largest absolute Gasteiger partial charge is 0.508 e. The van der Waals surface area contributed by atoms with Gasteiger partial charge in [-0.05, 0) is 48.1 Å². The molecule has 0 saturated carbocycles. The second-order valence-corrected chi connectivity index (χ2v) is 12.1. The number of hydrogen-bond acceptors (Lipinski definition) is 9. The number of carboxylic acids is 1. The summed E-state index contributed by atoms with van der Waals surface area (Å²) < 4.78 is 28.6. The third-order valence-electron chi connectivity index (χ3n) is 6.81. The van der Waals surface area contributed by atoms with Crippen LogP contribution < -0.4 is 21.1 Å². The number of sulfonamides is 1. The molecule has 244 valence electrons. The number of rotatable bonds is 17. The summed E-state index contributed by atoms with van der Waals surface area (Å²) in [5.74, 6) is -3.49. The molecular weight excluding hydrogens is 620 g/mol. The Labute approximate surface area is 264 Å². The molecule has 0 spiro atoms. The first kappa shape index (κ1) is 35.1. The molecule has 2 amide bonds. The van der Waals surface area contributed by atoms with Gasteiger partial charge < -0.3 is 26.6 Å². The van der Waals surface area contributed by atoms with Crippen LogP contribution in [0.2, 0.25) is 0 Å². The maximum Gasteiger partial charge on any atom is 0.303 e. The molecule has 16 heteroatoms. The van der Waals surface area contributed by atoms with Gasteiger partial charge in [0.2, 0.25) is 21.8 Å². The molecule has 0 aliphatic rings. The van der Waals surface area contributed by atoms with Crippen LogP contribution in [0.25, 0.3) is 0 Å². The van der Waals surface area contributed by atoms with E-state index in [-0.39, 0.29) is 48.6 Å². The van der Waals surface area contributed by atoms with Gasteiger partial charge >= 0.3 is 5.97 Å². The zero-order valence-corrected chi connectivity index (χ0v) is 25.3. The maximum absolute atomic E-state index is 13.5. The number of nitro benzene ring substituents is 1. The van der Waals surface area contributed by atoms with E-state index in [1.807, 2.05) is 0 Å². The number of carbonyl (C=O) groups excluding carboxylic acids is 2. The van der Waals surface area contributed by atoms with Crippen molar-refractivity contribution in [2.24, 2.45) is 5.73 Å². The third kappa shape index (κ3) is 11.3. The van der Waals surface area contributed by atoms with E-state index in [9.17, 15) is 43.1 Å². The second kappa shape index (κ2) is 16.1. The Morgan fingerprint density at radius 2 is 1.46 bits per heavy atom. The van der Waals surface area contributed by atoms with Crippen LogP contribution >= 0.6 is 0 Å². The van der Waals surface area contributed by atoms with Crippen LogP contribution in [-0.2, 0) is 43.1 Å². The highest BCUT2D eigenvalue weighted by Gasteiger charge is 2.29. The molecule has 3 rings (SSSR count). The minimum absolute atomic E-state index is 0.0165. The fourth-order valence-electron chi connectivity index (χ4n) is 4.33. The number of carboxylic acid groups (broad SMARTS) is 1. The smallest absolute Gasteiger partial charge is 0.303 e. The summed E-state index contributed by atoms with van der Waals surface area (Å²) in [4.78, 5) is 48.2. The number of nitro groups is 1. The average Bonchev–Trinajstić information content (AvgIpc) is 3.00. The van der Waals surface area contributed by atoms with E-state index in [2.05, 4.69) is 15.4 Å². The Bertz CT molecular complexity index is 1660.